The molecule has 0 aliphatic heterocycles. The fourth-order valence-electron chi connectivity index (χ4n) is 1.72. The van der Waals surface area contributed by atoms with E-state index in [9.17, 15) is 0 Å². The molecule has 2 aromatic rings. The Morgan fingerprint density at radius 3 is 2.53 bits per heavy atom. The average molecular weight is 246 g/mol. The highest BCUT2D eigenvalue weighted by Crippen LogP contribution is 2.16. The fraction of sp³-hybridized carbons (Fsp3) is 0.200. The van der Waals surface area contributed by atoms with Crippen LogP contribution in [0.3, 0.4) is 0 Å². The zero-order valence-corrected chi connectivity index (χ0v) is 10.9. The van der Waals surface area contributed by atoms with E-state index in [1.54, 1.807) is 0 Å². The van der Waals surface area contributed by atoms with E-state index in [1.165, 1.54) is 16.7 Å². The van der Waals surface area contributed by atoms with Gasteiger partial charge in [-0.3, -0.25) is 0 Å². The van der Waals surface area contributed by atoms with E-state index >= 15 is 0 Å². The van der Waals surface area contributed by atoms with Gasteiger partial charge in [-0.05, 0) is 48.7 Å². The fourth-order valence-corrected chi connectivity index (χ4v) is 1.91. The summed E-state index contributed by atoms with van der Waals surface area (Å²) in [4.78, 5) is 0. The van der Waals surface area contributed by atoms with Crippen molar-refractivity contribution in [2.24, 2.45) is 0 Å². The van der Waals surface area contributed by atoms with Gasteiger partial charge in [0.15, 0.2) is 0 Å². The molecule has 2 rings (SSSR count). The first-order chi connectivity index (χ1) is 8.15. The molecule has 0 saturated carbocycles. The van der Waals surface area contributed by atoms with Crippen LogP contribution < -0.4 is 5.32 Å². The third-order valence-electron chi connectivity index (χ3n) is 2.89. The molecule has 0 aliphatic rings. The summed E-state index contributed by atoms with van der Waals surface area (Å²) in [5, 5.41) is 4.12. The topological polar surface area (TPSA) is 12.0 Å². The second kappa shape index (κ2) is 5.24. The predicted molar refractivity (Wildman–Crippen MR) is 74.7 cm³/mol. The maximum absolute atomic E-state index is 5.93. The number of hydrogen-bond donors (Lipinski definition) is 1. The van der Waals surface area contributed by atoms with E-state index in [-0.39, 0.29) is 0 Å². The molecule has 0 aromatic heterocycles. The van der Waals surface area contributed by atoms with Crippen molar-refractivity contribution in [1.29, 1.82) is 0 Å². The summed E-state index contributed by atoms with van der Waals surface area (Å²) in [5.41, 5.74) is 5.00. The van der Waals surface area contributed by atoms with Gasteiger partial charge in [-0.25, -0.2) is 0 Å². The second-order valence-electron chi connectivity index (χ2n) is 4.28. The monoisotopic (exact) mass is 245 g/mol. The molecule has 0 amide bonds. The van der Waals surface area contributed by atoms with Crippen molar-refractivity contribution in [3.8, 4) is 0 Å². The van der Waals surface area contributed by atoms with Crippen molar-refractivity contribution >= 4 is 17.3 Å². The minimum atomic E-state index is 0.759. The van der Waals surface area contributed by atoms with Crippen LogP contribution >= 0.6 is 11.6 Å². The molecule has 0 spiro atoms. The predicted octanol–water partition coefficient (Wildman–Crippen LogP) is 4.57. The highest BCUT2D eigenvalue weighted by Gasteiger charge is 1.97. The van der Waals surface area contributed by atoms with E-state index in [4.69, 9.17) is 11.6 Å². The van der Waals surface area contributed by atoms with Crippen LogP contribution in [0.15, 0.2) is 42.5 Å². The lowest BCUT2D eigenvalue weighted by Crippen LogP contribution is -1.99. The lowest BCUT2D eigenvalue weighted by atomic mass is 10.1. The van der Waals surface area contributed by atoms with Crippen LogP contribution in [-0.4, -0.2) is 0 Å². The van der Waals surface area contributed by atoms with Crippen molar-refractivity contribution in [3.63, 3.8) is 0 Å². The number of nitrogens with one attached hydrogen (secondary N) is 1. The Bertz CT molecular complexity index is 520. The van der Waals surface area contributed by atoms with Crippen molar-refractivity contribution in [2.45, 2.75) is 20.4 Å². The Morgan fingerprint density at radius 1 is 1.00 bits per heavy atom. The number of anilines is 1. The standard InChI is InChI=1S/C15H16ClN/c1-11-6-7-13(8-12(11)2)10-17-15-5-3-4-14(16)9-15/h3-9,17H,10H2,1-2H3. The Labute approximate surface area is 107 Å². The van der Waals surface area contributed by atoms with Crippen molar-refractivity contribution in [1.82, 2.24) is 0 Å². The summed E-state index contributed by atoms with van der Waals surface area (Å²) in [5.74, 6) is 0. The van der Waals surface area contributed by atoms with Gasteiger partial charge in [-0.2, -0.15) is 0 Å². The third-order valence-corrected chi connectivity index (χ3v) is 3.13. The van der Waals surface area contributed by atoms with E-state index in [1.807, 2.05) is 24.3 Å². The average Bonchev–Trinajstić information content (AvgIpc) is 2.31. The zero-order valence-electron chi connectivity index (χ0n) is 10.1. The van der Waals surface area contributed by atoms with Crippen LogP contribution in [0.1, 0.15) is 16.7 Å². The van der Waals surface area contributed by atoms with Crippen LogP contribution in [0.25, 0.3) is 0 Å². The van der Waals surface area contributed by atoms with Gasteiger partial charge in [0.05, 0.1) is 0 Å². The largest absolute Gasteiger partial charge is 0.381 e. The van der Waals surface area contributed by atoms with Crippen LogP contribution in [-0.2, 0) is 6.54 Å². The van der Waals surface area contributed by atoms with Gasteiger partial charge in [0.2, 0.25) is 0 Å². The first-order valence-electron chi connectivity index (χ1n) is 5.71. The molecule has 17 heavy (non-hydrogen) atoms. The van der Waals surface area contributed by atoms with Gasteiger partial charge in [0.25, 0.3) is 0 Å². The van der Waals surface area contributed by atoms with Crippen molar-refractivity contribution in [3.05, 3.63) is 64.2 Å². The van der Waals surface area contributed by atoms with Gasteiger partial charge < -0.3 is 5.32 Å². The van der Waals surface area contributed by atoms with Gasteiger partial charge in [0.1, 0.15) is 0 Å². The molecule has 0 aliphatic carbocycles. The number of aryl methyl sites for hydroxylation is 2. The molecular formula is C15H16ClN. The molecule has 0 heterocycles. The normalized spacial score (nSPS) is 10.3. The summed E-state index contributed by atoms with van der Waals surface area (Å²) in [7, 11) is 0. The Kier molecular flexibility index (Phi) is 3.70. The van der Waals surface area contributed by atoms with E-state index in [2.05, 4.69) is 37.4 Å². The quantitative estimate of drug-likeness (QED) is 0.835. The van der Waals surface area contributed by atoms with Crippen LogP contribution in [0.4, 0.5) is 5.69 Å². The molecule has 2 heteroatoms. The molecule has 1 nitrogen and oxygen atoms in total. The van der Waals surface area contributed by atoms with Gasteiger partial charge in [0, 0.05) is 17.3 Å². The van der Waals surface area contributed by atoms with Crippen molar-refractivity contribution in [2.75, 3.05) is 5.32 Å². The molecule has 1 N–H and O–H groups in total. The number of halogens is 1. The number of rotatable bonds is 3. The Balaban J connectivity index is 2.05. The van der Waals surface area contributed by atoms with Gasteiger partial charge in [-0.15, -0.1) is 0 Å². The maximum atomic E-state index is 5.93. The summed E-state index contributed by atoms with van der Waals surface area (Å²) in [6.45, 7) is 5.09. The number of hydrogen-bond acceptors (Lipinski definition) is 1. The van der Waals surface area contributed by atoms with E-state index < -0.39 is 0 Å². The molecule has 0 atom stereocenters. The van der Waals surface area contributed by atoms with Crippen molar-refractivity contribution < 1.29 is 0 Å². The Morgan fingerprint density at radius 2 is 1.82 bits per heavy atom. The zero-order chi connectivity index (χ0) is 12.3. The molecule has 0 saturated heterocycles. The van der Waals surface area contributed by atoms with E-state index in [0.29, 0.717) is 0 Å². The summed E-state index contributed by atoms with van der Waals surface area (Å²) < 4.78 is 0. The lowest BCUT2D eigenvalue weighted by Gasteiger charge is -2.08. The number of benzene rings is 2. The summed E-state index contributed by atoms with van der Waals surface area (Å²) in [6.07, 6.45) is 0. The first kappa shape index (κ1) is 12.0. The molecule has 88 valence electrons. The molecule has 0 fully saturated rings. The van der Waals surface area contributed by atoms with Crippen LogP contribution in [0.5, 0.6) is 0 Å². The smallest absolute Gasteiger partial charge is 0.0426 e. The highest BCUT2D eigenvalue weighted by molar-refractivity contribution is 6.30. The summed E-state index contributed by atoms with van der Waals surface area (Å²) in [6, 6.07) is 14.3. The minimum Gasteiger partial charge on any atom is -0.381 e. The Hall–Kier alpha value is -1.47. The van der Waals surface area contributed by atoms with E-state index in [0.717, 1.165) is 17.3 Å². The molecule has 0 radical (unpaired) electrons. The molecule has 0 bridgehead atoms. The molecule has 0 unspecified atom stereocenters. The van der Waals surface area contributed by atoms with Crippen LogP contribution in [0.2, 0.25) is 5.02 Å². The van der Waals surface area contributed by atoms with Crippen LogP contribution in [0, 0.1) is 13.8 Å². The van der Waals surface area contributed by atoms with Gasteiger partial charge in [-0.1, -0.05) is 35.9 Å². The summed E-state index contributed by atoms with van der Waals surface area (Å²) >= 11 is 5.93. The SMILES string of the molecule is Cc1ccc(CNc2cccc(Cl)c2)cc1C. The van der Waals surface area contributed by atoms with Gasteiger partial charge >= 0.3 is 0 Å². The first-order valence-corrected chi connectivity index (χ1v) is 6.08. The third kappa shape index (κ3) is 3.24. The highest BCUT2D eigenvalue weighted by atomic mass is 35.5. The molecule has 2 aromatic carbocycles. The minimum absolute atomic E-state index is 0.759. The molecular weight excluding hydrogens is 230 g/mol. The second-order valence-corrected chi connectivity index (χ2v) is 4.72. The maximum Gasteiger partial charge on any atom is 0.0426 e. The lowest BCUT2D eigenvalue weighted by molar-refractivity contribution is 1.13.